The molecule has 0 fully saturated rings. The van der Waals surface area contributed by atoms with Crippen LogP contribution in [0.3, 0.4) is 0 Å². The molecule has 6 heteroatoms. The number of ether oxygens (including phenoxy) is 4. The third-order valence-corrected chi connectivity index (χ3v) is 6.90. The maximum absolute atomic E-state index is 12.2. The Morgan fingerprint density at radius 2 is 1.89 bits per heavy atom. The van der Waals surface area contributed by atoms with E-state index >= 15 is 0 Å². The fourth-order valence-corrected chi connectivity index (χ4v) is 5.18. The summed E-state index contributed by atoms with van der Waals surface area (Å²) in [7, 11) is 0. The highest BCUT2D eigenvalue weighted by atomic mass is 32.2. The van der Waals surface area contributed by atoms with Gasteiger partial charge < -0.3 is 18.9 Å². The second kappa shape index (κ2) is 12.7. The maximum atomic E-state index is 12.2. The third-order valence-electron chi connectivity index (χ3n) is 5.81. The second-order valence-corrected chi connectivity index (χ2v) is 9.42. The van der Waals surface area contributed by atoms with Crippen LogP contribution in [0.2, 0.25) is 0 Å². The summed E-state index contributed by atoms with van der Waals surface area (Å²) in [5, 5.41) is 2.43. The Balaban J connectivity index is 1.35. The lowest BCUT2D eigenvalue weighted by atomic mass is 9.94. The van der Waals surface area contributed by atoms with Crippen molar-refractivity contribution in [2.75, 3.05) is 19.8 Å². The normalized spacial score (nSPS) is 17.1. The van der Waals surface area contributed by atoms with Gasteiger partial charge in [0.1, 0.15) is 11.5 Å². The minimum atomic E-state index is -0.582. The highest BCUT2D eigenvalue weighted by molar-refractivity contribution is 8.03. The summed E-state index contributed by atoms with van der Waals surface area (Å²) in [4.78, 5) is 12.2. The zero-order valence-corrected chi connectivity index (χ0v) is 21.1. The molecule has 0 saturated heterocycles. The first-order chi connectivity index (χ1) is 17.2. The zero-order chi connectivity index (χ0) is 24.5. The number of esters is 1. The smallest absolute Gasteiger partial charge is 0.335 e. The molecule has 2 atom stereocenters. The van der Waals surface area contributed by atoms with Gasteiger partial charge in [-0.1, -0.05) is 37.3 Å². The van der Waals surface area contributed by atoms with Gasteiger partial charge >= 0.3 is 5.97 Å². The van der Waals surface area contributed by atoms with Crippen LogP contribution in [0, 0.1) is 0 Å². The molecule has 0 N–H and O–H groups in total. The van der Waals surface area contributed by atoms with E-state index in [1.165, 1.54) is 11.1 Å². The molecule has 0 aromatic heterocycles. The van der Waals surface area contributed by atoms with Gasteiger partial charge in [0, 0.05) is 23.8 Å². The van der Waals surface area contributed by atoms with Gasteiger partial charge in [-0.15, -0.1) is 11.8 Å². The summed E-state index contributed by atoms with van der Waals surface area (Å²) in [6, 6.07) is 16.1. The number of hydrogen-bond acceptors (Lipinski definition) is 6. The van der Waals surface area contributed by atoms with E-state index in [1.54, 1.807) is 13.2 Å². The number of carbonyl (C=O) groups is 1. The number of rotatable bonds is 11. The lowest BCUT2D eigenvalue weighted by Crippen LogP contribution is -2.29. The Morgan fingerprint density at radius 3 is 2.69 bits per heavy atom. The fraction of sp³-hybridized carbons (Fsp3) is 0.345. The predicted molar refractivity (Wildman–Crippen MR) is 141 cm³/mol. The van der Waals surface area contributed by atoms with Gasteiger partial charge in [0.15, 0.2) is 6.10 Å². The molecule has 0 radical (unpaired) electrons. The van der Waals surface area contributed by atoms with Crippen molar-refractivity contribution >= 4 is 23.3 Å². The third kappa shape index (κ3) is 6.59. The topological polar surface area (TPSA) is 54.0 Å². The molecule has 0 aliphatic carbocycles. The quantitative estimate of drug-likeness (QED) is 0.341. The molecule has 2 heterocycles. The summed E-state index contributed by atoms with van der Waals surface area (Å²) in [5.74, 6) is 1.38. The van der Waals surface area contributed by atoms with Crippen LogP contribution in [0.4, 0.5) is 0 Å². The Morgan fingerprint density at radius 1 is 1.06 bits per heavy atom. The average Bonchev–Trinajstić information content (AvgIpc) is 3.07. The van der Waals surface area contributed by atoms with Crippen LogP contribution in [0.15, 0.2) is 77.9 Å². The van der Waals surface area contributed by atoms with Gasteiger partial charge in [-0.3, -0.25) is 0 Å². The highest BCUT2D eigenvalue weighted by Gasteiger charge is 2.25. The molecule has 2 aliphatic rings. The van der Waals surface area contributed by atoms with Crippen molar-refractivity contribution in [2.45, 2.75) is 44.5 Å². The first-order valence-electron chi connectivity index (χ1n) is 12.2. The second-order valence-electron chi connectivity index (χ2n) is 8.31. The largest absolute Gasteiger partial charge is 0.494 e. The molecule has 2 aliphatic heterocycles. The SMILES string of the molecule is CCCOC(Cc1ccc(OCCC2SC=CC3=C2c2ccccc2OC=C3)cc1)C(=O)OCC. The van der Waals surface area contributed by atoms with Crippen molar-refractivity contribution in [1.29, 1.82) is 0 Å². The van der Waals surface area contributed by atoms with Gasteiger partial charge in [-0.2, -0.15) is 0 Å². The van der Waals surface area contributed by atoms with E-state index in [4.69, 9.17) is 18.9 Å². The van der Waals surface area contributed by atoms with E-state index in [2.05, 4.69) is 23.6 Å². The van der Waals surface area contributed by atoms with Crippen LogP contribution in [-0.4, -0.2) is 37.1 Å². The summed E-state index contributed by atoms with van der Waals surface area (Å²) >= 11 is 1.81. The van der Waals surface area contributed by atoms with Crippen LogP contribution in [0.1, 0.15) is 37.8 Å². The molecule has 0 amide bonds. The van der Waals surface area contributed by atoms with E-state index in [9.17, 15) is 4.79 Å². The highest BCUT2D eigenvalue weighted by Crippen LogP contribution is 2.42. The zero-order valence-electron chi connectivity index (χ0n) is 20.3. The van der Waals surface area contributed by atoms with Gasteiger partial charge in [0.2, 0.25) is 0 Å². The maximum Gasteiger partial charge on any atom is 0.335 e. The number of carbonyl (C=O) groups excluding carboxylic acids is 1. The van der Waals surface area contributed by atoms with Gasteiger partial charge in [0.25, 0.3) is 0 Å². The van der Waals surface area contributed by atoms with Crippen molar-refractivity contribution < 1.29 is 23.7 Å². The van der Waals surface area contributed by atoms with Gasteiger partial charge in [-0.05, 0) is 72.2 Å². The number of benzene rings is 2. The first kappa shape index (κ1) is 25.1. The molecular weight excluding hydrogens is 460 g/mol. The Labute approximate surface area is 211 Å². The van der Waals surface area contributed by atoms with Gasteiger partial charge in [0.05, 0.1) is 19.5 Å². The number of para-hydroxylation sites is 1. The number of allylic oxidation sites excluding steroid dienone is 3. The van der Waals surface area contributed by atoms with E-state index < -0.39 is 6.10 Å². The lowest BCUT2D eigenvalue weighted by molar-refractivity contribution is -0.156. The predicted octanol–water partition coefficient (Wildman–Crippen LogP) is 6.35. The number of thioether (sulfide) groups is 1. The van der Waals surface area contributed by atoms with Gasteiger partial charge in [-0.25, -0.2) is 4.79 Å². The molecule has 2 aromatic carbocycles. The fourth-order valence-electron chi connectivity index (χ4n) is 4.14. The number of hydrogen-bond donors (Lipinski definition) is 0. The van der Waals surface area contributed by atoms with Crippen molar-refractivity contribution in [3.63, 3.8) is 0 Å². The minimum absolute atomic E-state index is 0.280. The van der Waals surface area contributed by atoms with E-state index in [0.29, 0.717) is 26.2 Å². The molecule has 5 nitrogen and oxygen atoms in total. The standard InChI is InChI=1S/C29H32O5S/c1-3-16-33-26(29(30)31-4-2)20-21-9-11-23(12-10-21)32-18-14-27-28-22(15-19-35-27)13-17-34-25-8-6-5-7-24(25)28/h5-13,15,17,19,26-27H,3-4,14,16,18,20H2,1-2H3. The molecule has 0 saturated carbocycles. The molecular formula is C29H32O5S. The Kier molecular flexibility index (Phi) is 9.09. The van der Waals surface area contributed by atoms with Crippen LogP contribution in [0.25, 0.3) is 5.57 Å². The molecule has 184 valence electrons. The summed E-state index contributed by atoms with van der Waals surface area (Å²) < 4.78 is 22.8. The van der Waals surface area contributed by atoms with Crippen LogP contribution in [0.5, 0.6) is 11.5 Å². The number of fused-ring (bicyclic) bond motifs is 2. The van der Waals surface area contributed by atoms with Crippen molar-refractivity contribution in [2.24, 2.45) is 0 Å². The molecule has 0 spiro atoms. The molecule has 4 rings (SSSR count). The summed E-state index contributed by atoms with van der Waals surface area (Å²) in [6.45, 7) is 5.30. The van der Waals surface area contributed by atoms with Crippen LogP contribution >= 0.6 is 11.8 Å². The average molecular weight is 493 g/mol. The van der Waals surface area contributed by atoms with Crippen molar-refractivity contribution in [3.8, 4) is 11.5 Å². The molecule has 35 heavy (non-hydrogen) atoms. The summed E-state index contributed by atoms with van der Waals surface area (Å²) in [6.07, 6.45) is 7.56. The minimum Gasteiger partial charge on any atom is -0.494 e. The molecule has 0 bridgehead atoms. The van der Waals surface area contributed by atoms with Crippen molar-refractivity contribution in [1.82, 2.24) is 0 Å². The Bertz CT molecular complexity index is 1090. The van der Waals surface area contributed by atoms with E-state index in [0.717, 1.165) is 35.5 Å². The van der Waals surface area contributed by atoms with E-state index in [-0.39, 0.29) is 11.2 Å². The van der Waals surface area contributed by atoms with Crippen molar-refractivity contribution in [3.05, 3.63) is 89.1 Å². The van der Waals surface area contributed by atoms with E-state index in [1.807, 2.05) is 61.2 Å². The monoisotopic (exact) mass is 492 g/mol. The van der Waals surface area contributed by atoms with Crippen LogP contribution < -0.4 is 9.47 Å². The summed E-state index contributed by atoms with van der Waals surface area (Å²) in [5.41, 5.74) is 4.62. The molecule has 2 unspecified atom stereocenters. The molecule has 2 aromatic rings. The Hall–Kier alpha value is -2.96. The first-order valence-corrected chi connectivity index (χ1v) is 13.1. The lowest BCUT2D eigenvalue weighted by Gasteiger charge is -2.24. The van der Waals surface area contributed by atoms with Crippen LogP contribution in [-0.2, 0) is 20.7 Å².